The van der Waals surface area contributed by atoms with E-state index in [0.29, 0.717) is 37.0 Å². The Hall–Kier alpha value is -2.62. The number of nitrogens with one attached hydrogen (secondary N) is 1. The van der Waals surface area contributed by atoms with E-state index in [1.165, 1.54) is 5.56 Å². The van der Waals surface area contributed by atoms with Crippen molar-refractivity contribution in [3.8, 4) is 0 Å². The molecule has 0 saturated heterocycles. The van der Waals surface area contributed by atoms with Gasteiger partial charge in [0.15, 0.2) is 0 Å². The van der Waals surface area contributed by atoms with Gasteiger partial charge in [0, 0.05) is 31.1 Å². The summed E-state index contributed by atoms with van der Waals surface area (Å²) in [5, 5.41) is 2.88. The minimum absolute atomic E-state index is 0.112. The molecule has 0 atom stereocenters. The van der Waals surface area contributed by atoms with E-state index in [2.05, 4.69) is 43.4 Å². The van der Waals surface area contributed by atoms with Gasteiger partial charge in [-0.05, 0) is 48.4 Å². The average molecular weight is 379 g/mol. The third-order valence-electron chi connectivity index (χ3n) is 5.32. The maximum atomic E-state index is 12.8. The van der Waals surface area contributed by atoms with E-state index in [1.54, 1.807) is 0 Å². The van der Waals surface area contributed by atoms with Crippen molar-refractivity contribution < 1.29 is 9.59 Å². The summed E-state index contributed by atoms with van der Waals surface area (Å²) in [7, 11) is 0. The SMILES string of the molecule is Cc1ccccc1C(=O)NCCC(=O)N(Cc1ccc(C(C)C)cc1)C1CC1. The molecule has 4 heteroatoms. The molecule has 0 aromatic heterocycles. The van der Waals surface area contributed by atoms with Crippen LogP contribution in [0.5, 0.6) is 0 Å². The molecule has 1 saturated carbocycles. The molecule has 0 bridgehead atoms. The van der Waals surface area contributed by atoms with Crippen molar-refractivity contribution in [3.05, 3.63) is 70.8 Å². The monoisotopic (exact) mass is 378 g/mol. The third kappa shape index (κ3) is 5.22. The summed E-state index contributed by atoms with van der Waals surface area (Å²) in [6.07, 6.45) is 2.48. The first kappa shape index (κ1) is 20.1. The van der Waals surface area contributed by atoms with Crippen LogP contribution in [0.15, 0.2) is 48.5 Å². The van der Waals surface area contributed by atoms with Crippen LogP contribution < -0.4 is 5.32 Å². The molecule has 0 spiro atoms. The van der Waals surface area contributed by atoms with Crippen LogP contribution in [-0.4, -0.2) is 29.3 Å². The van der Waals surface area contributed by atoms with E-state index in [-0.39, 0.29) is 11.8 Å². The second-order valence-corrected chi connectivity index (χ2v) is 7.97. The van der Waals surface area contributed by atoms with Crippen molar-refractivity contribution in [1.29, 1.82) is 0 Å². The van der Waals surface area contributed by atoms with Crippen LogP contribution in [0, 0.1) is 6.92 Å². The summed E-state index contributed by atoms with van der Waals surface area (Å²) in [4.78, 5) is 27.0. The predicted octanol–water partition coefficient (Wildman–Crippen LogP) is 4.43. The van der Waals surface area contributed by atoms with E-state index in [1.807, 2.05) is 36.1 Å². The quantitative estimate of drug-likeness (QED) is 0.739. The molecule has 148 valence electrons. The summed E-state index contributed by atoms with van der Waals surface area (Å²) in [5.74, 6) is 0.501. The van der Waals surface area contributed by atoms with E-state index in [4.69, 9.17) is 0 Å². The fourth-order valence-corrected chi connectivity index (χ4v) is 3.36. The van der Waals surface area contributed by atoms with Gasteiger partial charge in [0.05, 0.1) is 0 Å². The standard InChI is InChI=1S/C24H30N2O2/c1-17(2)20-10-8-19(9-11-20)16-26(21-12-13-21)23(27)14-15-25-24(28)22-7-5-4-6-18(22)3/h4-11,17,21H,12-16H2,1-3H3,(H,25,28). The first-order valence-electron chi connectivity index (χ1n) is 10.2. The van der Waals surface area contributed by atoms with Gasteiger partial charge in [-0.15, -0.1) is 0 Å². The Kier molecular flexibility index (Phi) is 6.50. The molecule has 4 nitrogen and oxygen atoms in total. The van der Waals surface area contributed by atoms with Gasteiger partial charge in [-0.2, -0.15) is 0 Å². The van der Waals surface area contributed by atoms with Gasteiger partial charge in [-0.25, -0.2) is 0 Å². The number of rotatable bonds is 8. The lowest BCUT2D eigenvalue weighted by molar-refractivity contribution is -0.132. The van der Waals surface area contributed by atoms with E-state index in [0.717, 1.165) is 24.0 Å². The summed E-state index contributed by atoms with van der Waals surface area (Å²) in [5.41, 5.74) is 4.08. The zero-order valence-corrected chi connectivity index (χ0v) is 17.1. The average Bonchev–Trinajstić information content (AvgIpc) is 3.51. The zero-order valence-electron chi connectivity index (χ0n) is 17.1. The van der Waals surface area contributed by atoms with Crippen LogP contribution >= 0.6 is 0 Å². The number of aryl methyl sites for hydroxylation is 1. The van der Waals surface area contributed by atoms with Gasteiger partial charge < -0.3 is 10.2 Å². The van der Waals surface area contributed by atoms with Crippen LogP contribution in [0.4, 0.5) is 0 Å². The first-order chi connectivity index (χ1) is 13.5. The van der Waals surface area contributed by atoms with Gasteiger partial charge in [-0.1, -0.05) is 56.3 Å². The van der Waals surface area contributed by atoms with Gasteiger partial charge in [0.25, 0.3) is 5.91 Å². The minimum atomic E-state index is -0.117. The highest BCUT2D eigenvalue weighted by Gasteiger charge is 2.32. The number of hydrogen-bond donors (Lipinski definition) is 1. The van der Waals surface area contributed by atoms with Gasteiger partial charge in [0.2, 0.25) is 5.91 Å². The number of carbonyl (C=O) groups is 2. The molecule has 3 rings (SSSR count). The van der Waals surface area contributed by atoms with Crippen molar-refractivity contribution in [1.82, 2.24) is 10.2 Å². The van der Waals surface area contributed by atoms with Crippen molar-refractivity contribution in [3.63, 3.8) is 0 Å². The molecule has 1 N–H and O–H groups in total. The molecule has 0 heterocycles. The molecule has 28 heavy (non-hydrogen) atoms. The van der Waals surface area contributed by atoms with E-state index < -0.39 is 0 Å². The van der Waals surface area contributed by atoms with Crippen LogP contribution in [-0.2, 0) is 11.3 Å². The molecule has 0 radical (unpaired) electrons. The normalized spacial score (nSPS) is 13.4. The topological polar surface area (TPSA) is 49.4 Å². The highest BCUT2D eigenvalue weighted by atomic mass is 16.2. The maximum absolute atomic E-state index is 12.8. The second kappa shape index (κ2) is 9.05. The maximum Gasteiger partial charge on any atom is 0.251 e. The van der Waals surface area contributed by atoms with Crippen LogP contribution in [0.25, 0.3) is 0 Å². The van der Waals surface area contributed by atoms with Crippen molar-refractivity contribution in [2.75, 3.05) is 6.54 Å². The Morgan fingerprint density at radius 2 is 1.75 bits per heavy atom. The molecule has 2 amide bonds. The van der Waals surface area contributed by atoms with Crippen molar-refractivity contribution in [2.45, 2.75) is 58.5 Å². The highest BCUT2D eigenvalue weighted by molar-refractivity contribution is 5.95. The van der Waals surface area contributed by atoms with Crippen molar-refractivity contribution in [2.24, 2.45) is 0 Å². The lowest BCUT2D eigenvalue weighted by atomic mass is 10.0. The lowest BCUT2D eigenvalue weighted by Crippen LogP contribution is -2.35. The summed E-state index contributed by atoms with van der Waals surface area (Å²) >= 11 is 0. The van der Waals surface area contributed by atoms with E-state index in [9.17, 15) is 9.59 Å². The molecule has 2 aromatic rings. The number of amides is 2. The van der Waals surface area contributed by atoms with Gasteiger partial charge >= 0.3 is 0 Å². The van der Waals surface area contributed by atoms with Gasteiger partial charge in [-0.3, -0.25) is 9.59 Å². The van der Waals surface area contributed by atoms with Crippen LogP contribution in [0.3, 0.4) is 0 Å². The van der Waals surface area contributed by atoms with Crippen LogP contribution in [0.1, 0.15) is 66.1 Å². The molecule has 1 aliphatic rings. The Morgan fingerprint density at radius 1 is 1.07 bits per heavy atom. The molecular weight excluding hydrogens is 348 g/mol. The number of hydrogen-bond acceptors (Lipinski definition) is 2. The number of benzene rings is 2. The summed E-state index contributed by atoms with van der Waals surface area (Å²) < 4.78 is 0. The van der Waals surface area contributed by atoms with E-state index >= 15 is 0 Å². The molecule has 0 unspecified atom stereocenters. The molecule has 0 aliphatic heterocycles. The smallest absolute Gasteiger partial charge is 0.251 e. The summed E-state index contributed by atoms with van der Waals surface area (Å²) in [6, 6.07) is 16.4. The highest BCUT2D eigenvalue weighted by Crippen LogP contribution is 2.29. The second-order valence-electron chi connectivity index (χ2n) is 7.97. The molecule has 1 fully saturated rings. The predicted molar refractivity (Wildman–Crippen MR) is 112 cm³/mol. The molecular formula is C24H30N2O2. The Balaban J connectivity index is 1.53. The first-order valence-corrected chi connectivity index (χ1v) is 10.2. The van der Waals surface area contributed by atoms with Crippen LogP contribution in [0.2, 0.25) is 0 Å². The zero-order chi connectivity index (χ0) is 20.1. The largest absolute Gasteiger partial charge is 0.352 e. The molecule has 2 aromatic carbocycles. The third-order valence-corrected chi connectivity index (χ3v) is 5.32. The fraction of sp³-hybridized carbons (Fsp3) is 0.417. The Labute approximate surface area is 167 Å². The lowest BCUT2D eigenvalue weighted by Gasteiger charge is -2.23. The molecule has 1 aliphatic carbocycles. The van der Waals surface area contributed by atoms with Crippen molar-refractivity contribution >= 4 is 11.8 Å². The Bertz CT molecular complexity index is 823. The fourth-order valence-electron chi connectivity index (χ4n) is 3.36. The van der Waals surface area contributed by atoms with Gasteiger partial charge in [0.1, 0.15) is 0 Å². The Morgan fingerprint density at radius 3 is 2.36 bits per heavy atom. The number of nitrogens with zero attached hydrogens (tertiary/aromatic N) is 1. The minimum Gasteiger partial charge on any atom is -0.352 e. The number of carbonyl (C=O) groups excluding carboxylic acids is 2. The summed E-state index contributed by atoms with van der Waals surface area (Å²) in [6.45, 7) is 7.29.